The van der Waals surface area contributed by atoms with E-state index in [0.29, 0.717) is 31.1 Å². The van der Waals surface area contributed by atoms with Crippen LogP contribution >= 0.6 is 0 Å². The summed E-state index contributed by atoms with van der Waals surface area (Å²) in [6.07, 6.45) is 4.97. The third kappa shape index (κ3) is 3.69. The molecule has 4 aliphatic carbocycles. The SMILES string of the molecule is CC(C)[C@@H](O)CC[C@@H](C)[C@H]1C[C@H](O)[C@@H]2[C@]1(C)CCC1[C@@]3(C)CC[C@H](O)C[C@@H]3[C@@H](O)C[C@]12O. The molecular weight excluding hydrogens is 404 g/mol. The van der Waals surface area contributed by atoms with Crippen molar-refractivity contribution in [3.05, 3.63) is 0 Å². The number of aliphatic hydroxyl groups excluding tert-OH is 4. The zero-order valence-corrected chi connectivity index (χ0v) is 20.9. The van der Waals surface area contributed by atoms with Crippen molar-refractivity contribution in [2.45, 2.75) is 122 Å². The fraction of sp³-hybridized carbons (Fsp3) is 1.00. The van der Waals surface area contributed by atoms with Crippen molar-refractivity contribution in [3.8, 4) is 0 Å². The topological polar surface area (TPSA) is 101 Å². The lowest BCUT2D eigenvalue weighted by Crippen LogP contribution is -2.68. The molecule has 0 aromatic carbocycles. The van der Waals surface area contributed by atoms with Crippen molar-refractivity contribution in [1.82, 2.24) is 0 Å². The highest BCUT2D eigenvalue weighted by Crippen LogP contribution is 2.69. The zero-order chi connectivity index (χ0) is 23.6. The van der Waals surface area contributed by atoms with Crippen LogP contribution in [0.4, 0.5) is 0 Å². The van der Waals surface area contributed by atoms with Gasteiger partial charge in [-0.2, -0.15) is 0 Å². The predicted molar refractivity (Wildman–Crippen MR) is 125 cm³/mol. The molecule has 4 saturated carbocycles. The normalized spacial score (nSPS) is 52.8. The molecular formula is C27H48O5. The standard InChI is InChI=1S/C27H48O5/c1-15(2)20(29)7-6-16(3)18-13-21(30)24-26(18,5)11-9-23-25(4)10-8-17(28)12-19(25)22(31)14-27(23,24)32/h15-24,28-32H,6-14H2,1-5H3/t16-,17+,18-,19-,20+,21+,22+,23?,24-,25+,26-,27+/m1/s1. The van der Waals surface area contributed by atoms with Crippen molar-refractivity contribution < 1.29 is 25.5 Å². The molecule has 0 aliphatic heterocycles. The summed E-state index contributed by atoms with van der Waals surface area (Å²) in [6.45, 7) is 10.8. The molecule has 0 aromatic heterocycles. The molecule has 4 rings (SSSR count). The van der Waals surface area contributed by atoms with Gasteiger partial charge in [-0.25, -0.2) is 0 Å². The first-order chi connectivity index (χ1) is 14.8. The minimum atomic E-state index is -1.06. The van der Waals surface area contributed by atoms with Gasteiger partial charge in [-0.05, 0) is 91.8 Å². The molecule has 0 saturated heterocycles. The van der Waals surface area contributed by atoms with Crippen LogP contribution in [-0.4, -0.2) is 55.5 Å². The molecule has 5 heteroatoms. The number of aliphatic hydroxyl groups is 5. The molecule has 0 aromatic rings. The minimum Gasteiger partial charge on any atom is -0.393 e. The van der Waals surface area contributed by atoms with E-state index in [2.05, 4.69) is 34.6 Å². The van der Waals surface area contributed by atoms with Gasteiger partial charge in [0.25, 0.3) is 0 Å². The second-order valence-corrected chi connectivity index (χ2v) is 13.2. The summed E-state index contributed by atoms with van der Waals surface area (Å²) in [6, 6.07) is 0. The zero-order valence-electron chi connectivity index (χ0n) is 20.9. The summed E-state index contributed by atoms with van der Waals surface area (Å²) >= 11 is 0. The van der Waals surface area contributed by atoms with Gasteiger partial charge < -0.3 is 25.5 Å². The highest BCUT2D eigenvalue weighted by Gasteiger charge is 2.70. The van der Waals surface area contributed by atoms with E-state index in [4.69, 9.17) is 0 Å². The second-order valence-electron chi connectivity index (χ2n) is 13.2. The highest BCUT2D eigenvalue weighted by atomic mass is 16.3. The molecule has 32 heavy (non-hydrogen) atoms. The van der Waals surface area contributed by atoms with E-state index in [1.807, 2.05) is 0 Å². The molecule has 4 aliphatic rings. The van der Waals surface area contributed by atoms with Crippen molar-refractivity contribution >= 4 is 0 Å². The van der Waals surface area contributed by atoms with Gasteiger partial charge in [0.05, 0.1) is 30.0 Å². The quantitative estimate of drug-likeness (QED) is 0.440. The largest absolute Gasteiger partial charge is 0.393 e. The lowest BCUT2D eigenvalue weighted by atomic mass is 9.42. The fourth-order valence-corrected chi connectivity index (χ4v) is 9.37. The molecule has 186 valence electrons. The molecule has 5 nitrogen and oxygen atoms in total. The molecule has 5 N–H and O–H groups in total. The first kappa shape index (κ1) is 24.9. The summed E-state index contributed by atoms with van der Waals surface area (Å²) in [5, 5.41) is 55.4. The number of hydrogen-bond acceptors (Lipinski definition) is 5. The van der Waals surface area contributed by atoms with Gasteiger partial charge in [-0.1, -0.05) is 34.6 Å². The van der Waals surface area contributed by atoms with E-state index < -0.39 is 17.8 Å². The van der Waals surface area contributed by atoms with Crippen LogP contribution in [0.5, 0.6) is 0 Å². The molecule has 0 spiro atoms. The Labute approximate surface area is 194 Å². The van der Waals surface area contributed by atoms with E-state index in [1.165, 1.54) is 0 Å². The van der Waals surface area contributed by atoms with Gasteiger partial charge in [-0.3, -0.25) is 0 Å². The van der Waals surface area contributed by atoms with Gasteiger partial charge >= 0.3 is 0 Å². The Kier molecular flexibility index (Phi) is 6.60. The van der Waals surface area contributed by atoms with Gasteiger partial charge in [0.1, 0.15) is 0 Å². The molecule has 0 radical (unpaired) electrons. The van der Waals surface area contributed by atoms with Crippen molar-refractivity contribution in [3.63, 3.8) is 0 Å². The summed E-state index contributed by atoms with van der Waals surface area (Å²) in [4.78, 5) is 0. The highest BCUT2D eigenvalue weighted by molar-refractivity contribution is 5.20. The van der Waals surface area contributed by atoms with Crippen molar-refractivity contribution in [2.24, 2.45) is 46.3 Å². The van der Waals surface area contributed by atoms with Crippen molar-refractivity contribution in [1.29, 1.82) is 0 Å². The molecule has 12 atom stereocenters. The van der Waals surface area contributed by atoms with Crippen LogP contribution in [0.25, 0.3) is 0 Å². The van der Waals surface area contributed by atoms with Gasteiger partial charge in [0.2, 0.25) is 0 Å². The molecule has 0 bridgehead atoms. The Bertz CT molecular complexity index is 683. The monoisotopic (exact) mass is 452 g/mol. The fourth-order valence-electron chi connectivity index (χ4n) is 9.37. The average molecular weight is 453 g/mol. The number of hydrogen-bond donors (Lipinski definition) is 5. The van der Waals surface area contributed by atoms with E-state index in [-0.39, 0.29) is 46.7 Å². The van der Waals surface area contributed by atoms with Gasteiger partial charge in [0.15, 0.2) is 0 Å². The summed E-state index contributed by atoms with van der Waals surface area (Å²) < 4.78 is 0. The van der Waals surface area contributed by atoms with Crippen LogP contribution in [0, 0.1) is 46.3 Å². The molecule has 4 fully saturated rings. The van der Waals surface area contributed by atoms with Crippen LogP contribution in [0.15, 0.2) is 0 Å². The third-order valence-corrected chi connectivity index (χ3v) is 11.1. The van der Waals surface area contributed by atoms with Crippen molar-refractivity contribution in [2.75, 3.05) is 0 Å². The van der Waals surface area contributed by atoms with E-state index in [0.717, 1.165) is 38.5 Å². The third-order valence-electron chi connectivity index (χ3n) is 11.1. The maximum atomic E-state index is 12.3. The maximum absolute atomic E-state index is 12.3. The lowest BCUT2D eigenvalue weighted by molar-refractivity contribution is -0.263. The van der Waals surface area contributed by atoms with Crippen LogP contribution in [0.1, 0.15) is 92.4 Å². The average Bonchev–Trinajstić information content (AvgIpc) is 2.98. The van der Waals surface area contributed by atoms with Crippen LogP contribution in [0.3, 0.4) is 0 Å². The first-order valence-corrected chi connectivity index (χ1v) is 13.3. The second kappa shape index (κ2) is 8.48. The minimum absolute atomic E-state index is 0.0201. The number of fused-ring (bicyclic) bond motifs is 5. The molecule has 0 amide bonds. The van der Waals surface area contributed by atoms with E-state index in [1.54, 1.807) is 0 Å². The van der Waals surface area contributed by atoms with Crippen LogP contribution in [-0.2, 0) is 0 Å². The Morgan fingerprint density at radius 1 is 0.875 bits per heavy atom. The smallest absolute Gasteiger partial charge is 0.0763 e. The van der Waals surface area contributed by atoms with Crippen LogP contribution < -0.4 is 0 Å². The molecule has 0 heterocycles. The predicted octanol–water partition coefficient (Wildman–Crippen LogP) is 3.50. The summed E-state index contributed by atoms with van der Waals surface area (Å²) in [7, 11) is 0. The van der Waals surface area contributed by atoms with E-state index >= 15 is 0 Å². The Hall–Kier alpha value is -0.200. The maximum Gasteiger partial charge on any atom is 0.0763 e. The lowest BCUT2D eigenvalue weighted by Gasteiger charge is -2.66. The van der Waals surface area contributed by atoms with E-state index in [9.17, 15) is 25.5 Å². The van der Waals surface area contributed by atoms with Gasteiger partial charge in [-0.15, -0.1) is 0 Å². The Morgan fingerprint density at radius 2 is 1.53 bits per heavy atom. The summed E-state index contributed by atoms with van der Waals surface area (Å²) in [5.74, 6) is 0.780. The Balaban J connectivity index is 1.59. The van der Waals surface area contributed by atoms with Crippen LogP contribution in [0.2, 0.25) is 0 Å². The Morgan fingerprint density at radius 3 is 2.19 bits per heavy atom. The first-order valence-electron chi connectivity index (χ1n) is 13.3. The molecule has 1 unspecified atom stereocenters. The number of rotatable bonds is 5. The summed E-state index contributed by atoms with van der Waals surface area (Å²) in [5.41, 5.74) is -1.42. The van der Waals surface area contributed by atoms with Gasteiger partial charge in [0, 0.05) is 12.3 Å².